The molecule has 1 amide bonds. The third kappa shape index (κ3) is 3.52. The number of rotatable bonds is 4. The second-order valence-electron chi connectivity index (χ2n) is 5.03. The minimum absolute atomic E-state index is 0.103. The molecule has 1 aliphatic rings. The Labute approximate surface area is 137 Å². The molecule has 2 aromatic carbocycles. The molecule has 24 heavy (non-hydrogen) atoms. The Kier molecular flexibility index (Phi) is 4.42. The van der Waals surface area contributed by atoms with E-state index in [2.05, 4.69) is 10.5 Å². The lowest BCUT2D eigenvalue weighted by molar-refractivity contribution is -0.130. The standard InChI is InChI=1S/C17H14N2O5/c20-16(15-10-23-13-3-1-2-4-14(13)24-15)19-18-9-11-5-7-12(8-6-11)17(21)22/h1-9,15H,10H2,(H,19,20)(H,21,22)/b18-9+/t15-/m0/s1. The van der Waals surface area contributed by atoms with E-state index < -0.39 is 18.0 Å². The van der Waals surface area contributed by atoms with Gasteiger partial charge in [-0.25, -0.2) is 10.2 Å². The fraction of sp³-hybridized carbons (Fsp3) is 0.118. The largest absolute Gasteiger partial charge is 0.485 e. The van der Waals surface area contributed by atoms with Crippen molar-refractivity contribution < 1.29 is 24.2 Å². The van der Waals surface area contributed by atoms with E-state index >= 15 is 0 Å². The van der Waals surface area contributed by atoms with Gasteiger partial charge in [0.2, 0.25) is 6.10 Å². The van der Waals surface area contributed by atoms with Crippen molar-refractivity contribution in [2.24, 2.45) is 5.10 Å². The summed E-state index contributed by atoms with van der Waals surface area (Å²) < 4.78 is 11.0. The van der Waals surface area contributed by atoms with Gasteiger partial charge in [-0.1, -0.05) is 24.3 Å². The number of benzene rings is 2. The molecule has 0 spiro atoms. The van der Waals surface area contributed by atoms with Crippen LogP contribution in [-0.2, 0) is 4.79 Å². The number of fused-ring (bicyclic) bond motifs is 1. The van der Waals surface area contributed by atoms with Crippen LogP contribution < -0.4 is 14.9 Å². The number of carbonyl (C=O) groups excluding carboxylic acids is 1. The van der Waals surface area contributed by atoms with E-state index in [4.69, 9.17) is 14.6 Å². The predicted octanol–water partition coefficient (Wildman–Crippen LogP) is 1.67. The topological polar surface area (TPSA) is 97.2 Å². The van der Waals surface area contributed by atoms with Gasteiger partial charge in [0.15, 0.2) is 11.5 Å². The fourth-order valence-corrected chi connectivity index (χ4v) is 2.10. The average Bonchev–Trinajstić information content (AvgIpc) is 2.61. The average molecular weight is 326 g/mol. The Balaban J connectivity index is 1.57. The lowest BCUT2D eigenvalue weighted by Crippen LogP contribution is -2.42. The Hall–Kier alpha value is -3.35. The van der Waals surface area contributed by atoms with Crippen molar-refractivity contribution in [2.45, 2.75) is 6.10 Å². The summed E-state index contributed by atoms with van der Waals surface area (Å²) >= 11 is 0. The van der Waals surface area contributed by atoms with Crippen LogP contribution >= 0.6 is 0 Å². The van der Waals surface area contributed by atoms with Gasteiger partial charge in [0.1, 0.15) is 6.61 Å². The number of hydrogen-bond donors (Lipinski definition) is 2. The molecule has 0 fully saturated rings. The van der Waals surface area contributed by atoms with Crippen LogP contribution in [0.1, 0.15) is 15.9 Å². The van der Waals surface area contributed by atoms with Crippen molar-refractivity contribution in [1.29, 1.82) is 0 Å². The molecule has 0 unspecified atom stereocenters. The molecule has 122 valence electrons. The fourth-order valence-electron chi connectivity index (χ4n) is 2.10. The maximum atomic E-state index is 12.0. The molecule has 7 heteroatoms. The molecule has 1 heterocycles. The summed E-state index contributed by atoms with van der Waals surface area (Å²) in [6, 6.07) is 13.2. The van der Waals surface area contributed by atoms with Gasteiger partial charge in [-0.3, -0.25) is 4.79 Å². The number of nitrogens with one attached hydrogen (secondary N) is 1. The van der Waals surface area contributed by atoms with Crippen LogP contribution in [0.25, 0.3) is 0 Å². The zero-order chi connectivity index (χ0) is 16.9. The van der Waals surface area contributed by atoms with Gasteiger partial charge in [-0.05, 0) is 29.8 Å². The maximum absolute atomic E-state index is 12.0. The molecule has 0 aromatic heterocycles. The molecule has 0 aliphatic carbocycles. The summed E-state index contributed by atoms with van der Waals surface area (Å²) in [5.41, 5.74) is 3.22. The highest BCUT2D eigenvalue weighted by Gasteiger charge is 2.26. The summed E-state index contributed by atoms with van der Waals surface area (Å²) in [6.07, 6.45) is 0.632. The third-order valence-electron chi connectivity index (χ3n) is 3.35. The van der Waals surface area contributed by atoms with Crippen LogP contribution in [0.3, 0.4) is 0 Å². The number of aromatic carboxylic acids is 1. The number of ether oxygens (including phenoxy) is 2. The third-order valence-corrected chi connectivity index (χ3v) is 3.35. The lowest BCUT2D eigenvalue weighted by Gasteiger charge is -2.24. The second-order valence-corrected chi connectivity index (χ2v) is 5.03. The zero-order valence-electron chi connectivity index (χ0n) is 12.5. The lowest BCUT2D eigenvalue weighted by atomic mass is 10.1. The van der Waals surface area contributed by atoms with Gasteiger partial charge in [0.05, 0.1) is 11.8 Å². The van der Waals surface area contributed by atoms with E-state index in [9.17, 15) is 9.59 Å². The molecule has 0 saturated heterocycles. The summed E-state index contributed by atoms with van der Waals surface area (Å²) in [6.45, 7) is 0.103. The molecular weight excluding hydrogens is 312 g/mol. The van der Waals surface area contributed by atoms with E-state index in [1.54, 1.807) is 30.3 Å². The SMILES string of the molecule is O=C(O)c1ccc(/C=N/NC(=O)[C@@H]2COc3ccccc3O2)cc1. The Bertz CT molecular complexity index is 786. The molecule has 3 rings (SSSR count). The molecule has 0 saturated carbocycles. The number of carboxylic acid groups (broad SMARTS) is 1. The first-order chi connectivity index (χ1) is 11.6. The molecular formula is C17H14N2O5. The highest BCUT2D eigenvalue weighted by molar-refractivity contribution is 5.89. The number of carboxylic acids is 1. The van der Waals surface area contributed by atoms with Crippen LogP contribution in [0.15, 0.2) is 53.6 Å². The van der Waals surface area contributed by atoms with Crippen LogP contribution in [-0.4, -0.2) is 35.9 Å². The van der Waals surface area contributed by atoms with Gasteiger partial charge >= 0.3 is 5.97 Å². The molecule has 7 nitrogen and oxygen atoms in total. The van der Waals surface area contributed by atoms with Crippen molar-refractivity contribution >= 4 is 18.1 Å². The monoisotopic (exact) mass is 326 g/mol. The van der Waals surface area contributed by atoms with Crippen molar-refractivity contribution in [2.75, 3.05) is 6.61 Å². The smallest absolute Gasteiger partial charge is 0.335 e. The first kappa shape index (κ1) is 15.5. The normalized spacial score (nSPS) is 15.9. The number of hydrogen-bond acceptors (Lipinski definition) is 5. The van der Waals surface area contributed by atoms with E-state index in [1.807, 2.05) is 6.07 Å². The molecule has 0 bridgehead atoms. The van der Waals surface area contributed by atoms with Crippen LogP contribution in [0.2, 0.25) is 0 Å². The van der Waals surface area contributed by atoms with Crippen LogP contribution in [0.4, 0.5) is 0 Å². The Morgan fingerprint density at radius 1 is 1.12 bits per heavy atom. The van der Waals surface area contributed by atoms with Gasteiger partial charge in [0.25, 0.3) is 5.91 Å². The van der Waals surface area contributed by atoms with Gasteiger partial charge in [0, 0.05) is 0 Å². The zero-order valence-corrected chi connectivity index (χ0v) is 12.5. The highest BCUT2D eigenvalue weighted by Crippen LogP contribution is 2.30. The number of hydrazone groups is 1. The predicted molar refractivity (Wildman–Crippen MR) is 85.5 cm³/mol. The van der Waals surface area contributed by atoms with E-state index in [0.717, 1.165) is 0 Å². The van der Waals surface area contributed by atoms with E-state index in [0.29, 0.717) is 17.1 Å². The summed E-state index contributed by atoms with van der Waals surface area (Å²) in [4.78, 5) is 22.8. The second kappa shape index (κ2) is 6.82. The van der Waals surface area contributed by atoms with Crippen molar-refractivity contribution in [3.8, 4) is 11.5 Å². The molecule has 0 radical (unpaired) electrons. The number of carbonyl (C=O) groups is 2. The maximum Gasteiger partial charge on any atom is 0.335 e. The molecule has 2 N–H and O–H groups in total. The number of nitrogens with zero attached hydrogens (tertiary/aromatic N) is 1. The van der Waals surface area contributed by atoms with Crippen molar-refractivity contribution in [3.05, 3.63) is 59.7 Å². The van der Waals surface area contributed by atoms with E-state index in [-0.39, 0.29) is 12.2 Å². The quantitative estimate of drug-likeness (QED) is 0.658. The van der Waals surface area contributed by atoms with Gasteiger partial charge < -0.3 is 14.6 Å². The molecule has 1 aliphatic heterocycles. The molecule has 2 aromatic rings. The van der Waals surface area contributed by atoms with Crippen molar-refractivity contribution in [1.82, 2.24) is 5.43 Å². The summed E-state index contributed by atoms with van der Waals surface area (Å²) in [5.74, 6) is -0.315. The van der Waals surface area contributed by atoms with Crippen LogP contribution in [0, 0.1) is 0 Å². The van der Waals surface area contributed by atoms with Crippen LogP contribution in [0.5, 0.6) is 11.5 Å². The summed E-state index contributed by atoms with van der Waals surface area (Å²) in [7, 11) is 0. The molecule has 1 atom stereocenters. The number of para-hydroxylation sites is 2. The first-order valence-corrected chi connectivity index (χ1v) is 7.18. The van der Waals surface area contributed by atoms with Gasteiger partial charge in [-0.2, -0.15) is 5.10 Å². The minimum atomic E-state index is -0.999. The minimum Gasteiger partial charge on any atom is -0.485 e. The summed E-state index contributed by atoms with van der Waals surface area (Å²) in [5, 5.41) is 12.7. The Morgan fingerprint density at radius 3 is 2.54 bits per heavy atom. The first-order valence-electron chi connectivity index (χ1n) is 7.18. The van der Waals surface area contributed by atoms with Gasteiger partial charge in [-0.15, -0.1) is 0 Å². The van der Waals surface area contributed by atoms with Crippen molar-refractivity contribution in [3.63, 3.8) is 0 Å². The highest BCUT2D eigenvalue weighted by atomic mass is 16.6. The number of amides is 1. The van der Waals surface area contributed by atoms with E-state index in [1.165, 1.54) is 18.3 Å². The Morgan fingerprint density at radius 2 is 1.83 bits per heavy atom.